The molecule has 4 aliphatic heterocycles. The Morgan fingerprint density at radius 1 is 0.424 bits per heavy atom. The third-order valence-electron chi connectivity index (χ3n) is 25.8. The van der Waals surface area contributed by atoms with Crippen molar-refractivity contribution in [1.29, 1.82) is 0 Å². The van der Waals surface area contributed by atoms with Gasteiger partial charge in [0.05, 0.1) is 71.1 Å². The van der Waals surface area contributed by atoms with E-state index in [0.29, 0.717) is 171 Å². The quantitative estimate of drug-likeness (QED) is 0.0183. The maximum Gasteiger partial charge on any atom is 0.319 e. The van der Waals surface area contributed by atoms with Crippen LogP contribution in [0.2, 0.25) is 0 Å². The zero-order valence-corrected chi connectivity index (χ0v) is 81.8. The molecule has 0 bridgehead atoms. The number of aliphatic hydroxyl groups is 2. The lowest BCUT2D eigenvalue weighted by Crippen LogP contribution is -2.47. The van der Waals surface area contributed by atoms with Gasteiger partial charge in [-0.25, -0.2) is 23.7 Å². The minimum Gasteiger partial charge on any atom is -0.475 e. The number of carbonyl (C=O) groups excluding carboxylic acids is 9. The summed E-state index contributed by atoms with van der Waals surface area (Å²) in [6, 6.07) is 61.4. The van der Waals surface area contributed by atoms with Crippen molar-refractivity contribution in [3.05, 3.63) is 296 Å². The first-order valence-electron chi connectivity index (χ1n) is 49.3. The fourth-order valence-electron chi connectivity index (χ4n) is 17.9. The maximum absolute atomic E-state index is 14.5. The highest BCUT2D eigenvalue weighted by Gasteiger charge is 2.39. The normalized spacial score (nSPS) is 14.6. The standard InChI is InChI=1S/C39H48N6O4.C38H46N6O4.C32H40N6O4/c1-5-7-20-43(21-8-6-2)38(48)35-22-27(3)45(42-35)36-19-18-32(41-39(49)40-28(4)29-14-10-9-11-15-29)24-34(36)37(47)44-25-31-17-13-12-16-30(31)23-33(44)26-46;1-4-6-19-42(20-7-5-2)37(47)34-21-27(3)44(41-34)35-18-17-31(40-38(48)39-24-28-13-9-8-10-14-28)23-33(35)36(46)43-25-30-16-12-11-15-29(30)22-32(43)26-45;1-4-7-15-36(16-8-5-2)31(40)27-19-29-38(35-27)28-14-13-24(34-32(41)33-6-3)18-26(28)30(39)37-20-23-12-10-9-11-22(23)17-25(37)21-42-29/h9-19,22,24,28,33,46H,5-8,20-21,23,25-26H2,1-4H3,(H2,40,41,49);8-18,21,23,32,45H,4-7,19-20,22,24-26H2,1-3H3,(H2,39,40,48);9-14,18-19,25H,4-8,15-17,20-21H2,1-3H3,(H2,33,34,41)/t28-,33-;32-;25-/m000/s1. The molecule has 30 nitrogen and oxygen atoms in total. The Bertz CT molecular complexity index is 6050. The number of amides is 12. The number of hydrogen-bond donors (Lipinski definition) is 8. The van der Waals surface area contributed by atoms with E-state index in [2.05, 4.69) is 79.5 Å². The molecular weight excluding hydrogens is 1750 g/mol. The molecule has 0 radical (unpaired) electrons. The molecule has 0 spiro atoms. The predicted molar refractivity (Wildman–Crippen MR) is 540 cm³/mol. The highest BCUT2D eigenvalue weighted by atomic mass is 16.5. The summed E-state index contributed by atoms with van der Waals surface area (Å²) in [5.74, 6) is -0.795. The van der Waals surface area contributed by atoms with E-state index in [1.54, 1.807) is 96.6 Å². The number of aromatic nitrogens is 6. The molecule has 732 valence electrons. The van der Waals surface area contributed by atoms with Crippen LogP contribution in [0.5, 0.6) is 5.88 Å². The number of carbonyl (C=O) groups is 9. The number of urea groups is 3. The highest BCUT2D eigenvalue weighted by molar-refractivity contribution is 6.04. The zero-order chi connectivity index (χ0) is 98.6. The first kappa shape index (κ1) is 102. The van der Waals surface area contributed by atoms with Gasteiger partial charge in [-0.2, -0.15) is 20.0 Å². The van der Waals surface area contributed by atoms with Gasteiger partial charge in [0, 0.05) is 107 Å². The van der Waals surface area contributed by atoms with Crippen molar-refractivity contribution >= 4 is 70.6 Å². The number of hydrogen-bond acceptors (Lipinski definition) is 15. The van der Waals surface area contributed by atoms with Crippen molar-refractivity contribution in [2.24, 2.45) is 0 Å². The van der Waals surface area contributed by atoms with Crippen molar-refractivity contribution in [3.63, 3.8) is 0 Å². The van der Waals surface area contributed by atoms with Crippen LogP contribution in [0.3, 0.4) is 0 Å². The SMILES string of the molecule is CCCCN(CCCC)C(=O)c1cc(C)n(-c2ccc(NC(=O)NCc3ccccc3)cc2C(=O)N2Cc3ccccc3C[C@H]2CO)n1.CCCCN(CCCC)C(=O)c1cc(C)n(-c2ccc(NC(=O)N[C@@H](C)c3ccccc3)cc2C(=O)N2Cc3ccccc3C[C@H]2CO)n1.CCCCN(CCCC)C(=O)c1cc2n(n1)-c1ccc(NC(=O)NCC)cc1C(=O)N1Cc3ccccc3C[C@H]1CO2. The summed E-state index contributed by atoms with van der Waals surface area (Å²) in [6.07, 6.45) is 13.1. The van der Waals surface area contributed by atoms with Crippen molar-refractivity contribution in [1.82, 2.24) is 74.7 Å². The average molecular weight is 1890 g/mol. The number of aliphatic hydroxyl groups excluding tert-OH is 2. The van der Waals surface area contributed by atoms with Gasteiger partial charge in [-0.05, 0) is 197 Å². The van der Waals surface area contributed by atoms with Gasteiger partial charge in [-0.3, -0.25) is 28.8 Å². The number of ether oxygens (including phenoxy) is 1. The fourth-order valence-corrected chi connectivity index (χ4v) is 17.9. The van der Waals surface area contributed by atoms with Crippen molar-refractivity contribution in [2.75, 3.05) is 81.6 Å². The molecule has 12 amide bonds. The number of unbranched alkanes of at least 4 members (excludes halogenated alkanes) is 6. The van der Waals surface area contributed by atoms with E-state index in [-0.39, 0.29) is 79.1 Å². The molecule has 0 unspecified atom stereocenters. The Kier molecular flexibility index (Phi) is 36.5. The monoisotopic (exact) mass is 1890 g/mol. The van der Waals surface area contributed by atoms with Gasteiger partial charge in [0.25, 0.3) is 35.4 Å². The Morgan fingerprint density at radius 2 is 0.806 bits per heavy atom. The van der Waals surface area contributed by atoms with Gasteiger partial charge in [0.15, 0.2) is 17.1 Å². The van der Waals surface area contributed by atoms with E-state index >= 15 is 0 Å². The van der Waals surface area contributed by atoms with Crippen LogP contribution >= 0.6 is 0 Å². The van der Waals surface area contributed by atoms with Crippen LogP contribution in [0, 0.1) is 13.8 Å². The van der Waals surface area contributed by atoms with Gasteiger partial charge >= 0.3 is 18.1 Å². The van der Waals surface area contributed by atoms with Crippen molar-refractivity contribution < 1.29 is 58.1 Å². The summed E-state index contributed by atoms with van der Waals surface area (Å²) in [4.78, 5) is 133. The Balaban J connectivity index is 0.000000176. The second-order valence-corrected chi connectivity index (χ2v) is 36.0. The van der Waals surface area contributed by atoms with Gasteiger partial charge in [-0.15, -0.1) is 0 Å². The van der Waals surface area contributed by atoms with Crippen molar-refractivity contribution in [2.45, 2.75) is 216 Å². The smallest absolute Gasteiger partial charge is 0.319 e. The minimum atomic E-state index is -0.427. The molecule has 11 aromatic rings. The molecule has 8 N–H and O–H groups in total. The Hall–Kier alpha value is -14.3. The molecule has 0 saturated heterocycles. The molecule has 7 heterocycles. The third kappa shape index (κ3) is 25.8. The molecule has 0 aliphatic carbocycles. The highest BCUT2D eigenvalue weighted by Crippen LogP contribution is 2.37. The number of fused-ring (bicyclic) bond motifs is 7. The molecule has 15 rings (SSSR count). The first-order valence-corrected chi connectivity index (χ1v) is 49.3. The number of nitrogens with zero attached hydrogens (tertiary/aromatic N) is 12. The second-order valence-electron chi connectivity index (χ2n) is 36.0. The molecule has 4 aliphatic rings. The van der Waals surface area contributed by atoms with Crippen molar-refractivity contribution in [3.8, 4) is 22.9 Å². The summed E-state index contributed by atoms with van der Waals surface area (Å²) in [5, 5.41) is 52.0. The largest absolute Gasteiger partial charge is 0.475 e. The van der Waals surface area contributed by atoms with E-state index in [1.165, 1.54) is 5.56 Å². The number of benzene rings is 8. The lowest BCUT2D eigenvalue weighted by atomic mass is 9.93. The molecule has 30 heteroatoms. The summed E-state index contributed by atoms with van der Waals surface area (Å²) in [5.41, 5.74) is 14.5. The molecule has 0 fully saturated rings. The van der Waals surface area contributed by atoms with Crippen LogP contribution in [0.25, 0.3) is 17.1 Å². The molecular formula is C109H134N18O12. The zero-order valence-electron chi connectivity index (χ0n) is 81.8. The maximum atomic E-state index is 14.5. The number of anilines is 3. The van der Waals surface area contributed by atoms with Gasteiger partial charge in [-0.1, -0.05) is 214 Å². The Labute approximate surface area is 815 Å². The molecule has 8 aromatic carbocycles. The molecule has 3 aromatic heterocycles. The van der Waals surface area contributed by atoms with Gasteiger partial charge in [0.2, 0.25) is 5.88 Å². The number of rotatable bonds is 35. The van der Waals surface area contributed by atoms with E-state index in [4.69, 9.17) is 20.0 Å². The summed E-state index contributed by atoms with van der Waals surface area (Å²) < 4.78 is 11.2. The Morgan fingerprint density at radius 3 is 1.24 bits per heavy atom. The van der Waals surface area contributed by atoms with Crippen LogP contribution in [0.4, 0.5) is 31.4 Å². The summed E-state index contributed by atoms with van der Waals surface area (Å²) >= 11 is 0. The van der Waals surface area contributed by atoms with Crippen LogP contribution in [0.1, 0.15) is 257 Å². The molecule has 0 saturated carbocycles. The fraction of sp³-hybridized carbons (Fsp3) is 0.394. The average Bonchev–Trinajstić information content (AvgIpc) is 1.68. The minimum absolute atomic E-state index is 0.131. The van der Waals surface area contributed by atoms with Crippen LogP contribution in [-0.4, -0.2) is 206 Å². The number of nitrogens with one attached hydrogen (secondary N) is 6. The van der Waals surface area contributed by atoms with Gasteiger partial charge in [0.1, 0.15) is 6.61 Å². The van der Waals surface area contributed by atoms with Crippen LogP contribution in [0.15, 0.2) is 206 Å². The second kappa shape index (κ2) is 49.7. The molecule has 139 heavy (non-hydrogen) atoms. The topological polar surface area (TPSA) is 348 Å². The van der Waals surface area contributed by atoms with E-state index in [1.807, 2.05) is 175 Å². The summed E-state index contributed by atoms with van der Waals surface area (Å²) in [7, 11) is 0. The first-order chi connectivity index (χ1) is 67.5. The van der Waals surface area contributed by atoms with E-state index in [0.717, 1.165) is 116 Å². The number of aryl methyl sites for hydroxylation is 2. The summed E-state index contributed by atoms with van der Waals surface area (Å²) in [6.45, 7) is 25.9. The van der Waals surface area contributed by atoms with Crippen LogP contribution in [-0.2, 0) is 45.4 Å². The lowest BCUT2D eigenvalue weighted by molar-refractivity contribution is 0.0539. The molecule has 4 atom stereocenters. The van der Waals surface area contributed by atoms with E-state index in [9.17, 15) is 53.4 Å². The lowest BCUT2D eigenvalue weighted by Gasteiger charge is -2.36. The van der Waals surface area contributed by atoms with E-state index < -0.39 is 24.1 Å². The van der Waals surface area contributed by atoms with Crippen LogP contribution < -0.4 is 36.6 Å². The predicted octanol–water partition coefficient (Wildman–Crippen LogP) is 17.8. The van der Waals surface area contributed by atoms with Gasteiger partial charge < -0.3 is 76.3 Å². The third-order valence-corrected chi connectivity index (χ3v) is 25.8.